The zero-order valence-electron chi connectivity index (χ0n) is 24.8. The van der Waals surface area contributed by atoms with Gasteiger partial charge in [-0.2, -0.15) is 16.8 Å². The van der Waals surface area contributed by atoms with Crippen molar-refractivity contribution in [1.82, 2.24) is 4.48 Å². The average Bonchev–Trinajstić information content (AvgIpc) is 3.47. The van der Waals surface area contributed by atoms with Gasteiger partial charge in [-0.15, -0.1) is 0 Å². The van der Waals surface area contributed by atoms with Crippen LogP contribution >= 0.6 is 23.2 Å². The highest BCUT2D eigenvalue weighted by Crippen LogP contribution is 2.58. The van der Waals surface area contributed by atoms with Gasteiger partial charge in [0.1, 0.15) is 11.4 Å². The maximum atomic E-state index is 12.8. The second-order valence-electron chi connectivity index (χ2n) is 12.9. The molecule has 232 valence electrons. The van der Waals surface area contributed by atoms with E-state index >= 15 is 0 Å². The van der Waals surface area contributed by atoms with Crippen molar-refractivity contribution >= 4 is 54.7 Å². The minimum atomic E-state index is -4.37. The predicted molar refractivity (Wildman–Crippen MR) is 175 cm³/mol. The molecule has 2 N–H and O–H groups in total. The van der Waals surface area contributed by atoms with Crippen LogP contribution in [0.3, 0.4) is 0 Å². The molecule has 2 atom stereocenters. The third-order valence-corrected chi connectivity index (χ3v) is 12.1. The number of unbranched alkanes of at least 4 members (excludes halogenated alkanes) is 1. The van der Waals surface area contributed by atoms with Crippen LogP contribution in [0.25, 0.3) is 5.57 Å². The Morgan fingerprint density at radius 2 is 1.58 bits per heavy atom. The van der Waals surface area contributed by atoms with Gasteiger partial charge in [-0.3, -0.25) is 9.11 Å². The molecule has 1 saturated heterocycles. The number of benzene rings is 2. The second kappa shape index (κ2) is 11.1. The Bertz CT molecular complexity index is 1790. The van der Waals surface area contributed by atoms with Crippen LogP contribution in [0.15, 0.2) is 65.9 Å². The first-order valence-corrected chi connectivity index (χ1v) is 18.3. The molecule has 2 heterocycles. The van der Waals surface area contributed by atoms with E-state index in [9.17, 15) is 25.9 Å². The van der Waals surface area contributed by atoms with Crippen molar-refractivity contribution in [3.05, 3.63) is 92.6 Å². The summed E-state index contributed by atoms with van der Waals surface area (Å²) in [5, 5.41) is 0.184. The van der Waals surface area contributed by atoms with Crippen molar-refractivity contribution in [2.75, 3.05) is 12.3 Å². The molecule has 0 saturated carbocycles. The fourth-order valence-corrected chi connectivity index (χ4v) is 9.80. The van der Waals surface area contributed by atoms with Crippen LogP contribution in [-0.2, 0) is 31.1 Å². The van der Waals surface area contributed by atoms with Crippen LogP contribution < -0.4 is 4.48 Å². The molecule has 5 rings (SSSR count). The van der Waals surface area contributed by atoms with Crippen LogP contribution in [0.5, 0.6) is 0 Å². The number of fused-ring (bicyclic) bond motifs is 3. The predicted octanol–water partition coefficient (Wildman–Crippen LogP) is 7.84. The van der Waals surface area contributed by atoms with E-state index in [2.05, 4.69) is 33.8 Å². The monoisotopic (exact) mass is 666 g/mol. The molecule has 2 aliphatic heterocycles. The number of nitrogens with zero attached hydrogens (tertiary/aromatic N) is 1. The van der Waals surface area contributed by atoms with Crippen LogP contribution in [0.2, 0.25) is 10.0 Å². The van der Waals surface area contributed by atoms with Gasteiger partial charge in [-0.05, 0) is 85.7 Å². The molecule has 3 aliphatic rings. The highest BCUT2D eigenvalue weighted by molar-refractivity contribution is 7.86. The Balaban J connectivity index is 1.62. The first-order valence-electron chi connectivity index (χ1n) is 14.4. The summed E-state index contributed by atoms with van der Waals surface area (Å²) in [6, 6.07) is 11.4. The Kier molecular flexibility index (Phi) is 8.38. The summed E-state index contributed by atoms with van der Waals surface area (Å²) < 4.78 is 67.8. The van der Waals surface area contributed by atoms with Crippen molar-refractivity contribution in [2.45, 2.75) is 76.0 Å². The van der Waals surface area contributed by atoms with E-state index in [1.54, 1.807) is 6.07 Å². The summed E-state index contributed by atoms with van der Waals surface area (Å²) in [4.78, 5) is 0. The standard InChI is InChI=1S/C32H37Cl2NO6S2/c1-31(2)25(23(9-5-6-18-42(36,37)38)24-15-13-21(33)19-26(24)31)10-7-11-29-32(3,4)27-20-22(34)14-16-28(27)35(29)17-8-12-30(35)43(39,40)41/h7,10-11,13-16,19-20,30H,5-6,8-9,12,17-18H2,1-4H3,(H-,36,37,38,39,40,41)/p+1/b10-7?,29-11+. The first-order chi connectivity index (χ1) is 19.9. The third kappa shape index (κ3) is 5.67. The molecule has 0 bridgehead atoms. The fraction of sp³-hybridized carbons (Fsp3) is 0.438. The normalized spacial score (nSPS) is 25.3. The molecule has 0 radical (unpaired) electrons. The summed E-state index contributed by atoms with van der Waals surface area (Å²) >= 11 is 12.8. The van der Waals surface area contributed by atoms with Crippen molar-refractivity contribution in [2.24, 2.45) is 0 Å². The topological polar surface area (TPSA) is 109 Å². The van der Waals surface area contributed by atoms with E-state index in [-0.39, 0.29) is 10.2 Å². The molecule has 43 heavy (non-hydrogen) atoms. The lowest BCUT2D eigenvalue weighted by Gasteiger charge is -2.37. The van der Waals surface area contributed by atoms with E-state index in [1.807, 2.05) is 42.5 Å². The lowest BCUT2D eigenvalue weighted by atomic mass is 9.80. The summed E-state index contributed by atoms with van der Waals surface area (Å²) in [6.45, 7) is 8.91. The highest BCUT2D eigenvalue weighted by atomic mass is 35.5. The zero-order chi connectivity index (χ0) is 31.6. The molecule has 0 aromatic heterocycles. The minimum absolute atomic E-state index is 0.0451. The maximum absolute atomic E-state index is 12.8. The van der Waals surface area contributed by atoms with Gasteiger partial charge in [0.25, 0.3) is 10.1 Å². The number of hydrogen-bond acceptors (Lipinski definition) is 4. The van der Waals surface area contributed by atoms with Gasteiger partial charge in [0.05, 0.1) is 17.7 Å². The van der Waals surface area contributed by atoms with Gasteiger partial charge in [0.15, 0.2) is 0 Å². The van der Waals surface area contributed by atoms with Crippen LogP contribution in [0, 0.1) is 0 Å². The molecule has 11 heteroatoms. The summed E-state index contributed by atoms with van der Waals surface area (Å²) in [5.41, 5.74) is 5.98. The Labute approximate surface area is 265 Å². The lowest BCUT2D eigenvalue weighted by molar-refractivity contribution is 0.336. The molecule has 1 spiro atoms. The molecule has 1 aliphatic carbocycles. The van der Waals surface area contributed by atoms with Crippen LogP contribution in [-0.4, -0.2) is 43.6 Å². The van der Waals surface area contributed by atoms with Gasteiger partial charge >= 0.3 is 10.1 Å². The largest absolute Gasteiger partial charge is 0.320 e. The Hall–Kier alpha value is -1.98. The van der Waals surface area contributed by atoms with E-state index in [0.717, 1.165) is 39.2 Å². The molecule has 1 fully saturated rings. The summed E-state index contributed by atoms with van der Waals surface area (Å²) in [7, 11) is -8.40. The van der Waals surface area contributed by atoms with Crippen LogP contribution in [0.1, 0.15) is 76.5 Å². The van der Waals surface area contributed by atoms with Crippen molar-refractivity contribution in [3.8, 4) is 0 Å². The third-order valence-electron chi connectivity index (χ3n) is 9.50. The lowest BCUT2D eigenvalue weighted by Crippen LogP contribution is -2.55. The van der Waals surface area contributed by atoms with Gasteiger partial charge in [0, 0.05) is 39.9 Å². The fourth-order valence-electron chi connectivity index (χ4n) is 7.64. The van der Waals surface area contributed by atoms with E-state index in [0.29, 0.717) is 48.7 Å². The molecule has 2 aromatic carbocycles. The smallest absolute Gasteiger partial charge is 0.286 e. The molecule has 0 amide bonds. The second-order valence-corrected chi connectivity index (χ2v) is 16.9. The van der Waals surface area contributed by atoms with Gasteiger partial charge in [-0.25, -0.2) is 4.48 Å². The van der Waals surface area contributed by atoms with Crippen molar-refractivity contribution in [3.63, 3.8) is 0 Å². The minimum Gasteiger partial charge on any atom is -0.286 e. The molecular formula is C32H38Cl2NO6S2+. The molecule has 2 aromatic rings. The Morgan fingerprint density at radius 3 is 2.23 bits per heavy atom. The first kappa shape index (κ1) is 32.4. The number of rotatable bonds is 8. The van der Waals surface area contributed by atoms with Gasteiger partial charge < -0.3 is 0 Å². The van der Waals surface area contributed by atoms with Gasteiger partial charge in [-0.1, -0.05) is 55.3 Å². The molecule has 2 unspecified atom stereocenters. The quantitative estimate of drug-likeness (QED) is 0.169. The number of allylic oxidation sites excluding steroid dienone is 6. The van der Waals surface area contributed by atoms with E-state index in [4.69, 9.17) is 23.2 Å². The van der Waals surface area contributed by atoms with E-state index in [1.165, 1.54) is 0 Å². The average molecular weight is 668 g/mol. The van der Waals surface area contributed by atoms with Gasteiger partial charge in [0.2, 0.25) is 5.37 Å². The molecular weight excluding hydrogens is 629 g/mol. The SMILES string of the molecule is CC1(C)C(C=C/C=C2\C(C)(C)c3cc(Cl)ccc3[N+]23CCCC3S(=O)(=O)O)=C(CCCCS(=O)(=O)O)c2ccc(Cl)cc21. The zero-order valence-corrected chi connectivity index (χ0v) is 27.9. The number of hydrogen-bond donors (Lipinski definition) is 2. The summed E-state index contributed by atoms with van der Waals surface area (Å²) in [6.07, 6.45) is 8.53. The summed E-state index contributed by atoms with van der Waals surface area (Å²) in [5.74, 6) is -0.289. The Morgan fingerprint density at radius 1 is 0.930 bits per heavy atom. The number of quaternary nitrogens is 1. The maximum Gasteiger partial charge on any atom is 0.320 e. The van der Waals surface area contributed by atoms with E-state index < -0.39 is 36.4 Å². The van der Waals surface area contributed by atoms with Crippen molar-refractivity contribution in [1.29, 1.82) is 0 Å². The van der Waals surface area contributed by atoms with Crippen LogP contribution in [0.4, 0.5) is 5.69 Å². The highest BCUT2D eigenvalue weighted by Gasteiger charge is 2.62. The molecule has 7 nitrogen and oxygen atoms in total. The van der Waals surface area contributed by atoms with Crippen molar-refractivity contribution < 1.29 is 25.9 Å². The number of halogens is 2.